The zero-order chi connectivity index (χ0) is 20.6. The smallest absolute Gasteiger partial charge is 0.306 e. The lowest BCUT2D eigenvalue weighted by atomic mass is 9.87. The lowest BCUT2D eigenvalue weighted by Crippen LogP contribution is -2.49. The minimum atomic E-state index is -1.15. The van der Waals surface area contributed by atoms with E-state index in [1.807, 2.05) is 13.8 Å². The molecule has 1 rings (SSSR count). The van der Waals surface area contributed by atoms with Gasteiger partial charge in [0, 0.05) is 24.5 Å². The van der Waals surface area contributed by atoms with Gasteiger partial charge in [-0.1, -0.05) is 26.0 Å². The number of nitro benzene ring substituents is 1. The van der Waals surface area contributed by atoms with E-state index < -0.39 is 28.8 Å². The van der Waals surface area contributed by atoms with Crippen molar-refractivity contribution in [3.8, 4) is 0 Å². The first kappa shape index (κ1) is 22.1. The van der Waals surface area contributed by atoms with Crippen molar-refractivity contribution >= 4 is 23.5 Å². The van der Waals surface area contributed by atoms with E-state index in [4.69, 9.17) is 10.5 Å². The van der Waals surface area contributed by atoms with Gasteiger partial charge >= 0.3 is 5.97 Å². The minimum absolute atomic E-state index is 0.0707. The fraction of sp³-hybridized carbons (Fsp3) is 0.500. The van der Waals surface area contributed by atoms with Crippen molar-refractivity contribution in [3.63, 3.8) is 0 Å². The number of primary amides is 1. The van der Waals surface area contributed by atoms with E-state index in [9.17, 15) is 24.5 Å². The molecule has 0 aromatic heterocycles. The molecule has 1 aromatic rings. The first-order valence-electron chi connectivity index (χ1n) is 8.64. The molecule has 148 valence electrons. The van der Waals surface area contributed by atoms with Gasteiger partial charge in [-0.2, -0.15) is 0 Å². The predicted molar refractivity (Wildman–Crippen MR) is 97.7 cm³/mol. The largest absolute Gasteiger partial charge is 0.466 e. The number of nitro groups is 1. The van der Waals surface area contributed by atoms with Crippen LogP contribution in [0.5, 0.6) is 0 Å². The highest BCUT2D eigenvalue weighted by atomic mass is 16.6. The maximum Gasteiger partial charge on any atom is 0.306 e. The number of benzene rings is 1. The van der Waals surface area contributed by atoms with E-state index in [0.29, 0.717) is 5.56 Å². The lowest BCUT2D eigenvalue weighted by molar-refractivity contribution is -0.384. The first-order chi connectivity index (χ1) is 12.6. The van der Waals surface area contributed by atoms with Crippen LogP contribution in [-0.4, -0.2) is 35.4 Å². The summed E-state index contributed by atoms with van der Waals surface area (Å²) in [6, 6.07) is 4.25. The highest BCUT2D eigenvalue weighted by molar-refractivity contribution is 5.88. The van der Waals surface area contributed by atoms with Gasteiger partial charge in [0.15, 0.2) is 0 Å². The van der Waals surface area contributed by atoms with Crippen molar-refractivity contribution in [1.29, 1.82) is 0 Å². The Kier molecular flexibility index (Phi) is 8.37. The Morgan fingerprint density at radius 3 is 2.22 bits per heavy atom. The zero-order valence-electron chi connectivity index (χ0n) is 15.6. The standard InChI is InChI=1S/C18H25N3O6/c1-4-27-16(23)10-14(12-5-7-13(8-6-12)21(25)26)17(18(19)24)20-15(22)9-11(2)3/h5-8,11,14,17H,4,9-10H2,1-3H3,(H2,19,24)(H,20,22)/t14-,17-/m0/s1. The Labute approximate surface area is 157 Å². The fourth-order valence-corrected chi connectivity index (χ4v) is 2.64. The molecule has 0 radical (unpaired) electrons. The van der Waals surface area contributed by atoms with E-state index in [-0.39, 0.29) is 37.0 Å². The molecule has 0 saturated heterocycles. The maximum absolute atomic E-state index is 12.1. The molecule has 2 atom stereocenters. The maximum atomic E-state index is 12.1. The molecule has 0 aliphatic heterocycles. The molecule has 0 aliphatic rings. The number of non-ortho nitro benzene ring substituents is 1. The summed E-state index contributed by atoms with van der Waals surface area (Å²) in [6.45, 7) is 5.51. The number of nitrogens with zero attached hydrogens (tertiary/aromatic N) is 1. The van der Waals surface area contributed by atoms with Crippen LogP contribution in [0.25, 0.3) is 0 Å². The zero-order valence-corrected chi connectivity index (χ0v) is 15.6. The Hall–Kier alpha value is -2.97. The van der Waals surface area contributed by atoms with Crippen LogP contribution >= 0.6 is 0 Å². The van der Waals surface area contributed by atoms with Crippen molar-refractivity contribution in [2.24, 2.45) is 11.7 Å². The molecule has 9 nitrogen and oxygen atoms in total. The molecule has 0 spiro atoms. The van der Waals surface area contributed by atoms with Crippen molar-refractivity contribution in [1.82, 2.24) is 5.32 Å². The van der Waals surface area contributed by atoms with Crippen LogP contribution < -0.4 is 11.1 Å². The quantitative estimate of drug-likeness (QED) is 0.359. The molecule has 2 amide bonds. The first-order valence-corrected chi connectivity index (χ1v) is 8.64. The van der Waals surface area contributed by atoms with Crippen LogP contribution in [0.2, 0.25) is 0 Å². The van der Waals surface area contributed by atoms with Gasteiger partial charge in [-0.3, -0.25) is 24.5 Å². The lowest BCUT2D eigenvalue weighted by Gasteiger charge is -2.26. The number of rotatable bonds is 10. The molecule has 0 bridgehead atoms. The number of nitrogens with one attached hydrogen (secondary N) is 1. The van der Waals surface area contributed by atoms with Gasteiger partial charge in [-0.05, 0) is 18.4 Å². The number of hydrogen-bond acceptors (Lipinski definition) is 6. The molecule has 0 aliphatic carbocycles. The molecule has 0 unspecified atom stereocenters. The van der Waals surface area contributed by atoms with E-state index in [2.05, 4.69) is 5.32 Å². The molecule has 0 fully saturated rings. The summed E-state index contributed by atoms with van der Waals surface area (Å²) < 4.78 is 4.94. The SMILES string of the molecule is CCOC(=O)C[C@@H](c1ccc([N+](=O)[O-])cc1)[C@H](NC(=O)CC(C)C)C(N)=O. The second-order valence-electron chi connectivity index (χ2n) is 6.51. The van der Waals surface area contributed by atoms with Crippen molar-refractivity contribution < 1.29 is 24.0 Å². The summed E-state index contributed by atoms with van der Waals surface area (Å²) in [5, 5.41) is 13.4. The van der Waals surface area contributed by atoms with Crippen LogP contribution in [0, 0.1) is 16.0 Å². The number of ether oxygens (including phenoxy) is 1. The summed E-state index contributed by atoms with van der Waals surface area (Å²) in [5.74, 6) is -2.48. The summed E-state index contributed by atoms with van der Waals surface area (Å²) in [5.41, 5.74) is 5.80. The topological polar surface area (TPSA) is 142 Å². The third kappa shape index (κ3) is 7.04. The molecule has 3 N–H and O–H groups in total. The summed E-state index contributed by atoms with van der Waals surface area (Å²) in [4.78, 5) is 46.4. The fourth-order valence-electron chi connectivity index (χ4n) is 2.64. The number of esters is 1. The Morgan fingerprint density at radius 1 is 1.19 bits per heavy atom. The van der Waals surface area contributed by atoms with E-state index in [0.717, 1.165) is 0 Å². The third-order valence-electron chi connectivity index (χ3n) is 3.84. The molecular formula is C18H25N3O6. The Balaban J connectivity index is 3.19. The van der Waals surface area contributed by atoms with Crippen LogP contribution in [-0.2, 0) is 19.1 Å². The van der Waals surface area contributed by atoms with E-state index in [1.54, 1.807) is 6.92 Å². The van der Waals surface area contributed by atoms with Gasteiger partial charge in [-0.25, -0.2) is 0 Å². The van der Waals surface area contributed by atoms with Gasteiger partial charge in [0.25, 0.3) is 5.69 Å². The van der Waals surface area contributed by atoms with E-state index in [1.165, 1.54) is 24.3 Å². The second kappa shape index (κ2) is 10.2. The normalized spacial score (nSPS) is 12.9. The molecule has 1 aromatic carbocycles. The second-order valence-corrected chi connectivity index (χ2v) is 6.51. The monoisotopic (exact) mass is 379 g/mol. The molecule has 0 heterocycles. The van der Waals surface area contributed by atoms with Crippen LogP contribution in [0.3, 0.4) is 0 Å². The summed E-state index contributed by atoms with van der Waals surface area (Å²) in [7, 11) is 0. The number of hydrogen-bond donors (Lipinski definition) is 2. The average molecular weight is 379 g/mol. The van der Waals surface area contributed by atoms with Gasteiger partial charge in [0.05, 0.1) is 18.0 Å². The van der Waals surface area contributed by atoms with Crippen LogP contribution in [0.15, 0.2) is 24.3 Å². The van der Waals surface area contributed by atoms with Gasteiger partial charge in [0.1, 0.15) is 6.04 Å². The Morgan fingerprint density at radius 2 is 1.78 bits per heavy atom. The number of nitrogens with two attached hydrogens (primary N) is 1. The van der Waals surface area contributed by atoms with Gasteiger partial charge < -0.3 is 15.8 Å². The number of carbonyl (C=O) groups excluding carboxylic acids is 3. The molecule has 27 heavy (non-hydrogen) atoms. The van der Waals surface area contributed by atoms with E-state index >= 15 is 0 Å². The number of carbonyl (C=O) groups is 3. The van der Waals surface area contributed by atoms with Crippen LogP contribution in [0.4, 0.5) is 5.69 Å². The highest BCUT2D eigenvalue weighted by Crippen LogP contribution is 2.26. The average Bonchev–Trinajstić information content (AvgIpc) is 2.57. The highest BCUT2D eigenvalue weighted by Gasteiger charge is 2.32. The minimum Gasteiger partial charge on any atom is -0.466 e. The third-order valence-corrected chi connectivity index (χ3v) is 3.84. The Bertz CT molecular complexity index is 687. The summed E-state index contributed by atoms with van der Waals surface area (Å²) in [6.07, 6.45) is -0.0165. The van der Waals surface area contributed by atoms with Gasteiger partial charge in [0.2, 0.25) is 11.8 Å². The molecule has 9 heteroatoms. The van der Waals surface area contributed by atoms with Crippen molar-refractivity contribution in [2.45, 2.75) is 45.6 Å². The van der Waals surface area contributed by atoms with Gasteiger partial charge in [-0.15, -0.1) is 0 Å². The predicted octanol–water partition coefficient (Wildman–Crippen LogP) is 1.65. The molecular weight excluding hydrogens is 354 g/mol. The van der Waals surface area contributed by atoms with Crippen molar-refractivity contribution in [2.75, 3.05) is 6.61 Å². The van der Waals surface area contributed by atoms with Crippen molar-refractivity contribution in [3.05, 3.63) is 39.9 Å². The molecule has 0 saturated carbocycles. The summed E-state index contributed by atoms with van der Waals surface area (Å²) >= 11 is 0. The van der Waals surface area contributed by atoms with Crippen LogP contribution in [0.1, 0.15) is 45.1 Å². The number of amides is 2.